The van der Waals surface area contributed by atoms with Crippen molar-refractivity contribution in [1.29, 1.82) is 0 Å². The summed E-state index contributed by atoms with van der Waals surface area (Å²) < 4.78 is 54.7. The number of methoxy groups -OCH3 is 1. The second kappa shape index (κ2) is 7.38. The van der Waals surface area contributed by atoms with Gasteiger partial charge in [0.1, 0.15) is 5.75 Å². The summed E-state index contributed by atoms with van der Waals surface area (Å²) in [5.74, 6) is -2.51. The van der Waals surface area contributed by atoms with Crippen LogP contribution in [0.5, 0.6) is 5.75 Å². The third-order valence-corrected chi connectivity index (χ3v) is 4.22. The molecule has 0 spiro atoms. The van der Waals surface area contributed by atoms with Crippen molar-refractivity contribution < 1.29 is 21.9 Å². The van der Waals surface area contributed by atoms with E-state index in [1.807, 2.05) is 0 Å². The normalized spacial score (nSPS) is 12.4. The molecule has 0 aliphatic rings. The number of aryl methyl sites for hydroxylation is 1. The fourth-order valence-electron chi connectivity index (χ4n) is 1.96. The number of sulfonamides is 1. The van der Waals surface area contributed by atoms with E-state index < -0.39 is 22.4 Å². The number of ether oxygens (including phenoxy) is 1. The molecule has 1 aromatic rings. The SMILES string of the molecule is COc1ccc(S(N)(=O)=O)c(CCCC(F)(F)CCCl)c1. The average Bonchev–Trinajstić information content (AvgIpc) is 2.36. The zero-order valence-electron chi connectivity index (χ0n) is 11.6. The van der Waals surface area contributed by atoms with Crippen molar-refractivity contribution in [2.45, 2.75) is 36.5 Å². The molecule has 0 atom stereocenters. The number of alkyl halides is 3. The Morgan fingerprint density at radius 3 is 2.52 bits per heavy atom. The number of nitrogens with two attached hydrogens (primary N) is 1. The highest BCUT2D eigenvalue weighted by atomic mass is 35.5. The first-order valence-corrected chi connectivity index (χ1v) is 8.41. The van der Waals surface area contributed by atoms with Gasteiger partial charge in [0.2, 0.25) is 15.9 Å². The molecule has 2 N–H and O–H groups in total. The van der Waals surface area contributed by atoms with Crippen molar-refractivity contribution in [2.75, 3.05) is 13.0 Å². The molecule has 0 bridgehead atoms. The molecule has 0 aliphatic heterocycles. The third kappa shape index (κ3) is 5.76. The highest BCUT2D eigenvalue weighted by Gasteiger charge is 2.27. The molecule has 0 radical (unpaired) electrons. The van der Waals surface area contributed by atoms with Gasteiger partial charge in [0.05, 0.1) is 12.0 Å². The number of halogens is 3. The van der Waals surface area contributed by atoms with E-state index in [2.05, 4.69) is 0 Å². The molecular formula is C13H18ClF2NO3S. The number of benzene rings is 1. The van der Waals surface area contributed by atoms with Crippen molar-refractivity contribution in [3.63, 3.8) is 0 Å². The van der Waals surface area contributed by atoms with Crippen LogP contribution in [0.3, 0.4) is 0 Å². The summed E-state index contributed by atoms with van der Waals surface area (Å²) in [6.45, 7) is 0. The maximum Gasteiger partial charge on any atom is 0.249 e. The van der Waals surface area contributed by atoms with Crippen molar-refractivity contribution >= 4 is 21.6 Å². The van der Waals surface area contributed by atoms with Gasteiger partial charge in [0.25, 0.3) is 0 Å². The van der Waals surface area contributed by atoms with E-state index in [9.17, 15) is 17.2 Å². The first kappa shape index (κ1) is 18.1. The van der Waals surface area contributed by atoms with E-state index in [1.165, 1.54) is 25.3 Å². The van der Waals surface area contributed by atoms with Crippen LogP contribution in [0.15, 0.2) is 23.1 Å². The van der Waals surface area contributed by atoms with Crippen LogP contribution in [0.1, 0.15) is 24.8 Å². The van der Waals surface area contributed by atoms with Crippen LogP contribution >= 0.6 is 11.6 Å². The summed E-state index contributed by atoms with van der Waals surface area (Å²) in [5, 5.41) is 5.12. The standard InChI is InChI=1S/C13H18ClF2NO3S/c1-20-11-4-5-12(21(17,18)19)10(9-11)3-2-6-13(15,16)7-8-14/h4-5,9H,2-3,6-8H2,1H3,(H2,17,18,19). The van der Waals surface area contributed by atoms with Crippen LogP contribution in [-0.2, 0) is 16.4 Å². The second-order valence-electron chi connectivity index (χ2n) is 4.67. The quantitative estimate of drug-likeness (QED) is 0.739. The smallest absolute Gasteiger partial charge is 0.249 e. The molecule has 120 valence electrons. The number of rotatable bonds is 8. The van der Waals surface area contributed by atoms with Gasteiger partial charge in [-0.1, -0.05) is 0 Å². The maximum absolute atomic E-state index is 13.4. The Balaban J connectivity index is 2.86. The first-order chi connectivity index (χ1) is 9.69. The zero-order valence-corrected chi connectivity index (χ0v) is 13.2. The van der Waals surface area contributed by atoms with Gasteiger partial charge in [0.15, 0.2) is 0 Å². The average molecular weight is 342 g/mol. The van der Waals surface area contributed by atoms with Crippen LogP contribution in [0.2, 0.25) is 0 Å². The van der Waals surface area contributed by atoms with E-state index >= 15 is 0 Å². The fraction of sp³-hybridized carbons (Fsp3) is 0.538. The molecule has 0 aromatic heterocycles. The van der Waals surface area contributed by atoms with Crippen LogP contribution < -0.4 is 9.88 Å². The largest absolute Gasteiger partial charge is 0.497 e. The molecule has 1 aromatic carbocycles. The maximum atomic E-state index is 13.4. The zero-order chi connectivity index (χ0) is 16.1. The van der Waals surface area contributed by atoms with Gasteiger partial charge in [0, 0.05) is 18.7 Å². The summed E-state index contributed by atoms with van der Waals surface area (Å²) in [7, 11) is -2.46. The predicted octanol–water partition coefficient (Wildman–Crippen LogP) is 2.93. The molecule has 0 saturated carbocycles. The lowest BCUT2D eigenvalue weighted by Crippen LogP contribution is -2.18. The Bertz CT molecular complexity index is 579. The summed E-state index contributed by atoms with van der Waals surface area (Å²) >= 11 is 5.31. The lowest BCUT2D eigenvalue weighted by atomic mass is 10.0. The molecule has 0 fully saturated rings. The van der Waals surface area contributed by atoms with Gasteiger partial charge in [-0.3, -0.25) is 0 Å². The number of hydrogen-bond donors (Lipinski definition) is 1. The summed E-state index contributed by atoms with van der Waals surface area (Å²) in [6.07, 6.45) is -0.462. The Kier molecular flexibility index (Phi) is 6.37. The lowest BCUT2D eigenvalue weighted by molar-refractivity contribution is -0.0121. The van der Waals surface area contributed by atoms with Gasteiger partial charge < -0.3 is 4.74 Å². The Labute approximate surface area is 128 Å². The Morgan fingerprint density at radius 1 is 1.33 bits per heavy atom. The van der Waals surface area contributed by atoms with Gasteiger partial charge in [-0.25, -0.2) is 22.3 Å². The molecule has 0 aliphatic carbocycles. The van der Waals surface area contributed by atoms with E-state index in [-0.39, 0.29) is 30.0 Å². The summed E-state index contributed by atoms with van der Waals surface area (Å²) in [4.78, 5) is -0.0658. The Hall–Kier alpha value is -0.920. The van der Waals surface area contributed by atoms with Gasteiger partial charge in [-0.2, -0.15) is 0 Å². The minimum atomic E-state index is -3.90. The van der Waals surface area contributed by atoms with Crippen LogP contribution in [0.25, 0.3) is 0 Å². The fourth-order valence-corrected chi connectivity index (χ4v) is 3.02. The monoisotopic (exact) mass is 341 g/mol. The van der Waals surface area contributed by atoms with E-state index in [1.54, 1.807) is 0 Å². The van der Waals surface area contributed by atoms with E-state index in [0.717, 1.165) is 0 Å². The minimum absolute atomic E-state index is 0.0658. The molecule has 1 rings (SSSR count). The Morgan fingerprint density at radius 2 is 2.00 bits per heavy atom. The highest BCUT2D eigenvalue weighted by Crippen LogP contribution is 2.28. The molecule has 21 heavy (non-hydrogen) atoms. The second-order valence-corrected chi connectivity index (χ2v) is 6.57. The van der Waals surface area contributed by atoms with E-state index in [4.69, 9.17) is 21.5 Å². The first-order valence-electron chi connectivity index (χ1n) is 6.33. The van der Waals surface area contributed by atoms with Crippen molar-refractivity contribution in [2.24, 2.45) is 5.14 Å². The van der Waals surface area contributed by atoms with E-state index in [0.29, 0.717) is 11.3 Å². The molecule has 4 nitrogen and oxygen atoms in total. The summed E-state index contributed by atoms with van der Waals surface area (Å²) in [5.41, 5.74) is 0.374. The predicted molar refractivity (Wildman–Crippen MR) is 77.6 cm³/mol. The van der Waals surface area contributed by atoms with Crippen LogP contribution in [-0.4, -0.2) is 27.3 Å². The minimum Gasteiger partial charge on any atom is -0.497 e. The molecule has 0 saturated heterocycles. The topological polar surface area (TPSA) is 69.4 Å². The number of hydrogen-bond acceptors (Lipinski definition) is 3. The van der Waals surface area contributed by atoms with Gasteiger partial charge >= 0.3 is 0 Å². The molecule has 8 heteroatoms. The van der Waals surface area contributed by atoms with Crippen molar-refractivity contribution in [3.8, 4) is 5.75 Å². The molecular weight excluding hydrogens is 324 g/mol. The van der Waals surface area contributed by atoms with Crippen LogP contribution in [0, 0.1) is 0 Å². The molecule has 0 amide bonds. The summed E-state index contributed by atoms with van der Waals surface area (Å²) in [6, 6.07) is 4.28. The third-order valence-electron chi connectivity index (χ3n) is 3.02. The number of primary sulfonamides is 1. The van der Waals surface area contributed by atoms with Crippen molar-refractivity contribution in [1.82, 2.24) is 0 Å². The molecule has 0 heterocycles. The lowest BCUT2D eigenvalue weighted by Gasteiger charge is -2.15. The van der Waals surface area contributed by atoms with Gasteiger partial charge in [-0.05, 0) is 36.6 Å². The van der Waals surface area contributed by atoms with Gasteiger partial charge in [-0.15, -0.1) is 11.6 Å². The highest BCUT2D eigenvalue weighted by molar-refractivity contribution is 7.89. The molecule has 0 unspecified atom stereocenters. The van der Waals surface area contributed by atoms with Crippen molar-refractivity contribution in [3.05, 3.63) is 23.8 Å². The van der Waals surface area contributed by atoms with Crippen LogP contribution in [0.4, 0.5) is 8.78 Å².